The Hall–Kier alpha value is -0.350. The molecule has 1 aliphatic carbocycles. The molecule has 0 fully saturated rings. The molecule has 8 heteroatoms. The van der Waals surface area contributed by atoms with E-state index in [9.17, 15) is 8.42 Å². The van der Waals surface area contributed by atoms with E-state index in [-0.39, 0.29) is 36.3 Å². The van der Waals surface area contributed by atoms with E-state index in [2.05, 4.69) is 21.7 Å². The van der Waals surface area contributed by atoms with Gasteiger partial charge in [-0.1, -0.05) is 11.6 Å². The Labute approximate surface area is 145 Å². The standard InChI is InChI=1S/C13H26N4O2S.HI/c1-2-15-13(17-10-11-20(14,18)19)16-9-8-12-6-4-3-5-7-12;/h6H,2-5,7-11H2,1H3,(H2,14,18,19)(H2,15,16,17);1H. The number of nitrogens with one attached hydrogen (secondary N) is 2. The van der Waals surface area contributed by atoms with E-state index in [1.54, 1.807) is 0 Å². The largest absolute Gasteiger partial charge is 0.357 e. The lowest BCUT2D eigenvalue weighted by Crippen LogP contribution is -2.38. The molecule has 0 saturated carbocycles. The van der Waals surface area contributed by atoms with Gasteiger partial charge in [0.05, 0.1) is 12.3 Å². The minimum atomic E-state index is -3.44. The lowest BCUT2D eigenvalue weighted by atomic mass is 9.97. The third-order valence-electron chi connectivity index (χ3n) is 3.11. The number of nitrogens with zero attached hydrogens (tertiary/aromatic N) is 1. The summed E-state index contributed by atoms with van der Waals surface area (Å²) in [5.41, 5.74) is 1.50. The molecule has 0 aromatic carbocycles. The van der Waals surface area contributed by atoms with Gasteiger partial charge in [-0.25, -0.2) is 13.6 Å². The molecule has 124 valence electrons. The molecule has 0 saturated heterocycles. The van der Waals surface area contributed by atoms with Crippen LogP contribution in [0.4, 0.5) is 0 Å². The van der Waals surface area contributed by atoms with Crippen LogP contribution >= 0.6 is 24.0 Å². The van der Waals surface area contributed by atoms with Crippen molar-refractivity contribution in [1.29, 1.82) is 0 Å². The van der Waals surface area contributed by atoms with Gasteiger partial charge in [-0.3, -0.25) is 4.99 Å². The lowest BCUT2D eigenvalue weighted by molar-refractivity contribution is 0.597. The van der Waals surface area contributed by atoms with Crippen LogP contribution in [-0.4, -0.2) is 39.8 Å². The average Bonchev–Trinajstić information content (AvgIpc) is 2.38. The fourth-order valence-electron chi connectivity index (χ4n) is 2.10. The van der Waals surface area contributed by atoms with Crippen molar-refractivity contribution < 1.29 is 8.42 Å². The van der Waals surface area contributed by atoms with Crippen LogP contribution in [0.3, 0.4) is 0 Å². The van der Waals surface area contributed by atoms with Crippen molar-refractivity contribution in [2.24, 2.45) is 10.1 Å². The molecule has 0 bridgehead atoms. The molecule has 21 heavy (non-hydrogen) atoms. The highest BCUT2D eigenvalue weighted by atomic mass is 127. The summed E-state index contributed by atoms with van der Waals surface area (Å²) < 4.78 is 21.7. The van der Waals surface area contributed by atoms with Crippen LogP contribution in [0.15, 0.2) is 16.6 Å². The van der Waals surface area contributed by atoms with Gasteiger partial charge in [0.1, 0.15) is 0 Å². The summed E-state index contributed by atoms with van der Waals surface area (Å²) in [4.78, 5) is 4.20. The molecule has 0 amide bonds. The van der Waals surface area contributed by atoms with Crippen LogP contribution in [0.2, 0.25) is 0 Å². The molecular weight excluding hydrogens is 403 g/mol. The molecule has 4 N–H and O–H groups in total. The van der Waals surface area contributed by atoms with E-state index in [0.29, 0.717) is 5.96 Å². The summed E-state index contributed by atoms with van der Waals surface area (Å²) in [6.07, 6.45) is 8.32. The Morgan fingerprint density at radius 3 is 2.71 bits per heavy atom. The van der Waals surface area contributed by atoms with Crippen LogP contribution in [0.5, 0.6) is 0 Å². The van der Waals surface area contributed by atoms with Gasteiger partial charge in [0.25, 0.3) is 0 Å². The predicted molar refractivity (Wildman–Crippen MR) is 98.5 cm³/mol. The van der Waals surface area contributed by atoms with Gasteiger partial charge in [-0.15, -0.1) is 24.0 Å². The number of hydrogen-bond donors (Lipinski definition) is 3. The second-order valence-corrected chi connectivity index (χ2v) is 6.65. The van der Waals surface area contributed by atoms with Crippen LogP contribution < -0.4 is 15.8 Å². The van der Waals surface area contributed by atoms with Crippen LogP contribution in [0.1, 0.15) is 39.0 Å². The topological polar surface area (TPSA) is 96.6 Å². The highest BCUT2D eigenvalue weighted by Crippen LogP contribution is 2.19. The fourth-order valence-corrected chi connectivity index (χ4v) is 2.45. The summed E-state index contributed by atoms with van der Waals surface area (Å²) in [6, 6.07) is 0. The first-order valence-electron chi connectivity index (χ1n) is 7.22. The molecule has 0 spiro atoms. The quantitative estimate of drug-likeness (QED) is 0.246. The third-order valence-corrected chi connectivity index (χ3v) is 3.87. The van der Waals surface area contributed by atoms with E-state index in [1.165, 1.54) is 31.3 Å². The number of hydrogen-bond acceptors (Lipinski definition) is 3. The van der Waals surface area contributed by atoms with E-state index in [0.717, 1.165) is 19.5 Å². The van der Waals surface area contributed by atoms with E-state index < -0.39 is 10.0 Å². The van der Waals surface area contributed by atoms with Gasteiger partial charge in [0.15, 0.2) is 5.96 Å². The van der Waals surface area contributed by atoms with Gasteiger partial charge in [-0.05, 0) is 39.0 Å². The zero-order chi connectivity index (χ0) is 14.8. The van der Waals surface area contributed by atoms with Crippen molar-refractivity contribution in [3.63, 3.8) is 0 Å². The molecule has 0 heterocycles. The number of nitrogens with two attached hydrogens (primary N) is 1. The summed E-state index contributed by atoms with van der Waals surface area (Å²) in [7, 11) is -3.44. The number of aliphatic imine (C=N–C) groups is 1. The van der Waals surface area contributed by atoms with Crippen molar-refractivity contribution in [1.82, 2.24) is 10.6 Å². The smallest absolute Gasteiger partial charge is 0.210 e. The molecule has 0 atom stereocenters. The summed E-state index contributed by atoms with van der Waals surface area (Å²) in [5.74, 6) is 0.516. The molecule has 1 aliphatic rings. The minimum absolute atomic E-state index is 0. The monoisotopic (exact) mass is 430 g/mol. The number of halogens is 1. The first kappa shape index (κ1) is 20.6. The number of rotatable bonds is 7. The first-order valence-corrected chi connectivity index (χ1v) is 8.93. The molecular formula is C13H27IN4O2S. The average molecular weight is 430 g/mol. The predicted octanol–water partition coefficient (Wildman–Crippen LogP) is 1.34. The number of allylic oxidation sites excluding steroid dienone is 1. The van der Waals surface area contributed by atoms with Crippen LogP contribution in [0, 0.1) is 0 Å². The van der Waals surface area contributed by atoms with Crippen molar-refractivity contribution in [2.75, 3.05) is 25.4 Å². The number of guanidine groups is 1. The molecule has 0 radical (unpaired) electrons. The molecule has 0 aromatic rings. The molecule has 1 rings (SSSR count). The summed E-state index contributed by atoms with van der Waals surface area (Å²) in [5, 5.41) is 11.3. The highest BCUT2D eigenvalue weighted by Gasteiger charge is 2.05. The van der Waals surface area contributed by atoms with E-state index >= 15 is 0 Å². The van der Waals surface area contributed by atoms with Crippen LogP contribution in [0.25, 0.3) is 0 Å². The van der Waals surface area contributed by atoms with E-state index in [1.807, 2.05) is 6.92 Å². The Morgan fingerprint density at radius 1 is 1.38 bits per heavy atom. The van der Waals surface area contributed by atoms with Gasteiger partial charge in [0, 0.05) is 13.1 Å². The SMILES string of the molecule is CCNC(=NCCS(N)(=O)=O)NCCC1=CCCCC1.I. The summed E-state index contributed by atoms with van der Waals surface area (Å²) in [6.45, 7) is 3.70. The summed E-state index contributed by atoms with van der Waals surface area (Å²) >= 11 is 0. The maximum Gasteiger partial charge on any atom is 0.210 e. The number of sulfonamides is 1. The normalized spacial score (nSPS) is 15.9. The Bertz CT molecular complexity index is 449. The Kier molecular flexibility index (Phi) is 11.1. The zero-order valence-corrected chi connectivity index (χ0v) is 15.7. The second-order valence-electron chi connectivity index (χ2n) is 4.91. The highest BCUT2D eigenvalue weighted by molar-refractivity contribution is 14.0. The maximum absolute atomic E-state index is 10.9. The van der Waals surface area contributed by atoms with Crippen molar-refractivity contribution >= 4 is 40.0 Å². The maximum atomic E-state index is 10.9. The minimum Gasteiger partial charge on any atom is -0.357 e. The van der Waals surface area contributed by atoms with Gasteiger partial charge in [-0.2, -0.15) is 0 Å². The molecule has 0 unspecified atom stereocenters. The van der Waals surface area contributed by atoms with Crippen molar-refractivity contribution in [2.45, 2.75) is 39.0 Å². The van der Waals surface area contributed by atoms with E-state index in [4.69, 9.17) is 5.14 Å². The zero-order valence-electron chi connectivity index (χ0n) is 12.6. The van der Waals surface area contributed by atoms with Gasteiger partial charge >= 0.3 is 0 Å². The van der Waals surface area contributed by atoms with Crippen molar-refractivity contribution in [3.8, 4) is 0 Å². The van der Waals surface area contributed by atoms with Crippen LogP contribution in [-0.2, 0) is 10.0 Å². The molecule has 6 nitrogen and oxygen atoms in total. The Balaban J connectivity index is 0.00000400. The lowest BCUT2D eigenvalue weighted by Gasteiger charge is -2.15. The number of primary sulfonamides is 1. The molecule has 0 aromatic heterocycles. The van der Waals surface area contributed by atoms with Gasteiger partial charge < -0.3 is 10.6 Å². The second kappa shape index (κ2) is 11.2. The van der Waals surface area contributed by atoms with Gasteiger partial charge in [0.2, 0.25) is 10.0 Å². The van der Waals surface area contributed by atoms with Crippen molar-refractivity contribution in [3.05, 3.63) is 11.6 Å². The molecule has 0 aliphatic heterocycles. The Morgan fingerprint density at radius 2 is 2.14 bits per heavy atom. The third kappa shape index (κ3) is 10.9. The first-order chi connectivity index (χ1) is 9.51. The fraction of sp³-hybridized carbons (Fsp3) is 0.769.